The summed E-state index contributed by atoms with van der Waals surface area (Å²) < 4.78 is 26.1. The van der Waals surface area contributed by atoms with Gasteiger partial charge in [0, 0.05) is 18.9 Å². The molecule has 0 saturated carbocycles. The zero-order chi connectivity index (χ0) is 12.7. The molecule has 0 amide bonds. The zero-order valence-corrected chi connectivity index (χ0v) is 11.2. The van der Waals surface area contributed by atoms with Crippen LogP contribution in [0.25, 0.3) is 0 Å². The summed E-state index contributed by atoms with van der Waals surface area (Å²) in [6.07, 6.45) is 5.27. The maximum Gasteiger partial charge on any atom is 0.212 e. The number of nitrogens with zero attached hydrogens (tertiary/aromatic N) is 1. The lowest BCUT2D eigenvalue weighted by Crippen LogP contribution is -2.28. The SMILES string of the molecule is CCCC(C)CS(=O)(=O)NCc1ccncc1. The molecule has 0 bridgehead atoms. The summed E-state index contributed by atoms with van der Waals surface area (Å²) in [4.78, 5) is 3.89. The van der Waals surface area contributed by atoms with E-state index in [1.54, 1.807) is 24.5 Å². The molecular weight excluding hydrogens is 236 g/mol. The van der Waals surface area contributed by atoms with E-state index in [4.69, 9.17) is 0 Å². The van der Waals surface area contributed by atoms with E-state index in [0.717, 1.165) is 18.4 Å². The first-order valence-corrected chi connectivity index (χ1v) is 7.55. The lowest BCUT2D eigenvalue weighted by atomic mass is 10.1. The van der Waals surface area contributed by atoms with E-state index in [1.165, 1.54) is 0 Å². The average molecular weight is 256 g/mol. The largest absolute Gasteiger partial charge is 0.265 e. The van der Waals surface area contributed by atoms with Crippen LogP contribution in [0.3, 0.4) is 0 Å². The molecule has 0 aromatic carbocycles. The number of hydrogen-bond donors (Lipinski definition) is 1. The van der Waals surface area contributed by atoms with E-state index in [0.29, 0.717) is 6.54 Å². The Hall–Kier alpha value is -0.940. The normalized spacial score (nSPS) is 13.5. The van der Waals surface area contributed by atoms with Gasteiger partial charge in [0.05, 0.1) is 5.75 Å². The van der Waals surface area contributed by atoms with E-state index >= 15 is 0 Å². The van der Waals surface area contributed by atoms with Crippen molar-refractivity contribution in [2.45, 2.75) is 33.2 Å². The second-order valence-corrected chi connectivity index (χ2v) is 6.20. The fraction of sp³-hybridized carbons (Fsp3) is 0.583. The summed E-state index contributed by atoms with van der Waals surface area (Å²) in [6, 6.07) is 3.61. The van der Waals surface area contributed by atoms with Gasteiger partial charge < -0.3 is 0 Å². The van der Waals surface area contributed by atoms with Gasteiger partial charge in [-0.05, 0) is 30.0 Å². The van der Waals surface area contributed by atoms with Gasteiger partial charge >= 0.3 is 0 Å². The Balaban J connectivity index is 2.45. The van der Waals surface area contributed by atoms with E-state index in [9.17, 15) is 8.42 Å². The number of pyridine rings is 1. The van der Waals surface area contributed by atoms with Crippen LogP contribution in [0.2, 0.25) is 0 Å². The van der Waals surface area contributed by atoms with Crippen LogP contribution in [0.1, 0.15) is 32.3 Å². The molecule has 0 aliphatic carbocycles. The zero-order valence-electron chi connectivity index (χ0n) is 10.4. The Kier molecular flexibility index (Phi) is 5.58. The molecule has 1 unspecified atom stereocenters. The smallest absolute Gasteiger partial charge is 0.212 e. The van der Waals surface area contributed by atoms with Crippen molar-refractivity contribution < 1.29 is 8.42 Å². The van der Waals surface area contributed by atoms with Crippen LogP contribution in [0.15, 0.2) is 24.5 Å². The molecule has 5 heteroatoms. The van der Waals surface area contributed by atoms with Crippen molar-refractivity contribution in [3.05, 3.63) is 30.1 Å². The molecule has 1 aromatic rings. The van der Waals surface area contributed by atoms with E-state index in [2.05, 4.69) is 16.6 Å². The highest BCUT2D eigenvalue weighted by molar-refractivity contribution is 7.89. The van der Waals surface area contributed by atoms with Crippen LogP contribution in [0, 0.1) is 5.92 Å². The highest BCUT2D eigenvalue weighted by Crippen LogP contribution is 2.08. The van der Waals surface area contributed by atoms with Crippen molar-refractivity contribution in [3.63, 3.8) is 0 Å². The van der Waals surface area contributed by atoms with Crippen molar-refractivity contribution in [3.8, 4) is 0 Å². The van der Waals surface area contributed by atoms with Gasteiger partial charge in [0.1, 0.15) is 0 Å². The molecule has 0 fully saturated rings. The molecule has 1 rings (SSSR count). The first-order chi connectivity index (χ1) is 8.03. The maximum absolute atomic E-state index is 11.8. The summed E-state index contributed by atoms with van der Waals surface area (Å²) in [5.41, 5.74) is 0.923. The Morgan fingerprint density at radius 2 is 2.00 bits per heavy atom. The van der Waals surface area contributed by atoms with Gasteiger partial charge in [0.25, 0.3) is 0 Å². The molecule has 1 aromatic heterocycles. The third-order valence-corrected chi connectivity index (χ3v) is 4.12. The average Bonchev–Trinajstić information content (AvgIpc) is 2.27. The van der Waals surface area contributed by atoms with Crippen molar-refractivity contribution in [2.75, 3.05) is 5.75 Å². The van der Waals surface area contributed by atoms with Crippen LogP contribution in [-0.4, -0.2) is 19.2 Å². The fourth-order valence-corrected chi connectivity index (χ4v) is 3.12. The molecule has 0 saturated heterocycles. The number of hydrogen-bond acceptors (Lipinski definition) is 3. The topological polar surface area (TPSA) is 59.1 Å². The first-order valence-electron chi connectivity index (χ1n) is 5.89. The van der Waals surface area contributed by atoms with Crippen LogP contribution in [-0.2, 0) is 16.6 Å². The molecule has 96 valence electrons. The molecule has 0 spiro atoms. The second kappa shape index (κ2) is 6.71. The molecule has 1 N–H and O–H groups in total. The minimum Gasteiger partial charge on any atom is -0.265 e. The Morgan fingerprint density at radius 1 is 1.35 bits per heavy atom. The van der Waals surface area contributed by atoms with Crippen LogP contribution in [0.5, 0.6) is 0 Å². The minimum atomic E-state index is -3.17. The summed E-state index contributed by atoms with van der Waals surface area (Å²) in [7, 11) is -3.17. The van der Waals surface area contributed by atoms with E-state index in [-0.39, 0.29) is 11.7 Å². The van der Waals surface area contributed by atoms with Gasteiger partial charge in [-0.1, -0.05) is 20.3 Å². The quantitative estimate of drug-likeness (QED) is 0.811. The summed E-state index contributed by atoms with van der Waals surface area (Å²) in [6.45, 7) is 4.37. The number of nitrogens with one attached hydrogen (secondary N) is 1. The van der Waals surface area contributed by atoms with Crippen molar-refractivity contribution >= 4 is 10.0 Å². The number of sulfonamides is 1. The predicted octanol–water partition coefficient (Wildman–Crippen LogP) is 1.94. The van der Waals surface area contributed by atoms with Crippen molar-refractivity contribution in [1.82, 2.24) is 9.71 Å². The number of aromatic nitrogens is 1. The summed E-state index contributed by atoms with van der Waals surface area (Å²) in [5, 5.41) is 0. The van der Waals surface area contributed by atoms with Crippen molar-refractivity contribution in [1.29, 1.82) is 0 Å². The summed E-state index contributed by atoms with van der Waals surface area (Å²) in [5.74, 6) is 0.404. The van der Waals surface area contributed by atoms with E-state index < -0.39 is 10.0 Å². The van der Waals surface area contributed by atoms with Gasteiger partial charge in [-0.15, -0.1) is 0 Å². The predicted molar refractivity (Wildman–Crippen MR) is 68.9 cm³/mol. The lowest BCUT2D eigenvalue weighted by Gasteiger charge is -2.11. The van der Waals surface area contributed by atoms with Gasteiger partial charge in [-0.3, -0.25) is 4.98 Å². The van der Waals surface area contributed by atoms with Crippen LogP contribution >= 0.6 is 0 Å². The Morgan fingerprint density at radius 3 is 2.59 bits per heavy atom. The standard InChI is InChI=1S/C12H20N2O2S/c1-3-4-11(2)10-17(15,16)14-9-12-5-7-13-8-6-12/h5-8,11,14H,3-4,9-10H2,1-2H3. The van der Waals surface area contributed by atoms with Gasteiger partial charge in [-0.2, -0.15) is 0 Å². The monoisotopic (exact) mass is 256 g/mol. The highest BCUT2D eigenvalue weighted by atomic mass is 32.2. The molecule has 1 heterocycles. The fourth-order valence-electron chi connectivity index (χ4n) is 1.70. The first kappa shape index (κ1) is 14.1. The van der Waals surface area contributed by atoms with Gasteiger partial charge in [0.2, 0.25) is 10.0 Å². The maximum atomic E-state index is 11.8. The number of rotatable bonds is 7. The Bertz CT molecular complexity index is 417. The molecule has 0 aliphatic heterocycles. The molecule has 1 atom stereocenters. The molecular formula is C12H20N2O2S. The molecule has 0 aliphatic rings. The van der Waals surface area contributed by atoms with Gasteiger partial charge in [0.15, 0.2) is 0 Å². The van der Waals surface area contributed by atoms with E-state index in [1.807, 2.05) is 6.92 Å². The lowest BCUT2D eigenvalue weighted by molar-refractivity contribution is 0.536. The Labute approximate surface area is 104 Å². The third kappa shape index (κ3) is 5.79. The second-order valence-electron chi connectivity index (χ2n) is 4.35. The summed E-state index contributed by atoms with van der Waals surface area (Å²) >= 11 is 0. The highest BCUT2D eigenvalue weighted by Gasteiger charge is 2.14. The van der Waals surface area contributed by atoms with Crippen molar-refractivity contribution in [2.24, 2.45) is 5.92 Å². The van der Waals surface area contributed by atoms with Gasteiger partial charge in [-0.25, -0.2) is 13.1 Å². The molecule has 4 nitrogen and oxygen atoms in total. The minimum absolute atomic E-state index is 0.200. The third-order valence-electron chi connectivity index (χ3n) is 2.53. The molecule has 0 radical (unpaired) electrons. The van der Waals surface area contributed by atoms with Crippen LogP contribution < -0.4 is 4.72 Å². The van der Waals surface area contributed by atoms with Crippen LogP contribution in [0.4, 0.5) is 0 Å². The molecule has 17 heavy (non-hydrogen) atoms.